The van der Waals surface area contributed by atoms with Gasteiger partial charge in [0.2, 0.25) is 5.91 Å². The molecule has 0 aromatic rings. The minimum absolute atomic E-state index is 0.237. The molecular weight excluding hydrogens is 867 g/mol. The van der Waals surface area contributed by atoms with Gasteiger partial charge < -0.3 is 89.9 Å². The van der Waals surface area contributed by atoms with E-state index in [4.69, 9.17) is 28.4 Å². The fourth-order valence-electron chi connectivity index (χ4n) is 8.32. The maximum Gasteiger partial charge on any atom is 0.220 e. The summed E-state index contributed by atoms with van der Waals surface area (Å²) in [6.45, 7) is 1.60. The Kier molecular flexibility index (Phi) is 29.3. The van der Waals surface area contributed by atoms with Crippen LogP contribution in [0.4, 0.5) is 0 Å². The highest BCUT2D eigenvalue weighted by Crippen LogP contribution is 2.33. The minimum atomic E-state index is -1.98. The van der Waals surface area contributed by atoms with E-state index in [1.54, 1.807) is 6.08 Å². The molecule has 3 aliphatic rings. The van der Waals surface area contributed by atoms with E-state index in [1.165, 1.54) is 64.2 Å². The molecule has 66 heavy (non-hydrogen) atoms. The highest BCUT2D eigenvalue weighted by molar-refractivity contribution is 5.76. The van der Waals surface area contributed by atoms with Crippen molar-refractivity contribution in [1.82, 2.24) is 5.32 Å². The van der Waals surface area contributed by atoms with Crippen LogP contribution >= 0.6 is 0 Å². The Morgan fingerprint density at radius 3 is 1.52 bits per heavy atom. The molecule has 0 spiro atoms. The first kappa shape index (κ1) is 58.6. The molecular formula is C47H85NO18. The first-order valence-corrected chi connectivity index (χ1v) is 24.6. The number of allylic oxidation sites excluding steroid dienone is 3. The van der Waals surface area contributed by atoms with Gasteiger partial charge in [-0.1, -0.05) is 122 Å². The van der Waals surface area contributed by atoms with E-state index in [1.807, 2.05) is 6.08 Å². The molecule has 17 unspecified atom stereocenters. The number of nitrogens with one attached hydrogen (secondary N) is 1. The Labute approximate surface area is 390 Å². The van der Waals surface area contributed by atoms with Gasteiger partial charge in [-0.3, -0.25) is 4.79 Å². The topological polar surface area (TPSA) is 307 Å². The molecule has 3 fully saturated rings. The normalized spacial score (nSPS) is 34.0. The molecule has 17 atom stereocenters. The summed E-state index contributed by atoms with van der Waals surface area (Å²) in [4.78, 5) is 13.1. The molecule has 19 heteroatoms. The summed E-state index contributed by atoms with van der Waals surface area (Å²) in [5, 5.41) is 119. The van der Waals surface area contributed by atoms with E-state index in [-0.39, 0.29) is 18.9 Å². The van der Waals surface area contributed by atoms with Crippen LogP contribution in [-0.4, -0.2) is 193 Å². The van der Waals surface area contributed by atoms with E-state index >= 15 is 0 Å². The van der Waals surface area contributed by atoms with Gasteiger partial charge in [0.15, 0.2) is 18.9 Å². The summed E-state index contributed by atoms with van der Waals surface area (Å²) in [5.74, 6) is -0.292. The molecule has 3 aliphatic heterocycles. The SMILES string of the molecule is CCCCCCC/C=C/CC/C=C/C(O)C(COC1OC(CO)C(OC2OC(CO)C(OC3OC(CO)C(O)C(O)C3O)C(O)C2O)C(O)C1O)NC(=O)CCCCCCCCCCCC. The van der Waals surface area contributed by atoms with Crippen LogP contribution in [0.25, 0.3) is 0 Å². The zero-order valence-electron chi connectivity index (χ0n) is 39.2. The van der Waals surface area contributed by atoms with Crippen LogP contribution in [0.15, 0.2) is 24.3 Å². The van der Waals surface area contributed by atoms with Crippen LogP contribution in [0.5, 0.6) is 0 Å². The summed E-state index contributed by atoms with van der Waals surface area (Å²) in [5.41, 5.74) is 0. The van der Waals surface area contributed by atoms with Crippen LogP contribution in [0.3, 0.4) is 0 Å². The van der Waals surface area contributed by atoms with Crippen molar-refractivity contribution in [3.05, 3.63) is 24.3 Å². The highest BCUT2D eigenvalue weighted by Gasteiger charge is 2.53. The van der Waals surface area contributed by atoms with Crippen LogP contribution < -0.4 is 5.32 Å². The van der Waals surface area contributed by atoms with E-state index in [0.29, 0.717) is 12.8 Å². The van der Waals surface area contributed by atoms with Crippen LogP contribution in [0.2, 0.25) is 0 Å². The monoisotopic (exact) mass is 952 g/mol. The van der Waals surface area contributed by atoms with Crippen molar-refractivity contribution in [3.8, 4) is 0 Å². The lowest BCUT2D eigenvalue weighted by molar-refractivity contribution is -0.379. The van der Waals surface area contributed by atoms with Gasteiger partial charge in [0.05, 0.1) is 38.6 Å². The van der Waals surface area contributed by atoms with Gasteiger partial charge in [-0.15, -0.1) is 0 Å². The predicted octanol–water partition coefficient (Wildman–Crippen LogP) is 0.861. The smallest absolute Gasteiger partial charge is 0.220 e. The third-order valence-corrected chi connectivity index (χ3v) is 12.5. The fraction of sp³-hybridized carbons (Fsp3) is 0.894. The van der Waals surface area contributed by atoms with Crippen molar-refractivity contribution in [3.63, 3.8) is 0 Å². The highest BCUT2D eigenvalue weighted by atomic mass is 16.8. The Morgan fingerprint density at radius 2 is 0.970 bits per heavy atom. The van der Waals surface area contributed by atoms with Gasteiger partial charge in [0.1, 0.15) is 73.2 Å². The molecule has 0 aliphatic carbocycles. The third-order valence-electron chi connectivity index (χ3n) is 12.5. The maximum atomic E-state index is 13.1. The van der Waals surface area contributed by atoms with Gasteiger partial charge in [-0.2, -0.15) is 0 Å². The lowest BCUT2D eigenvalue weighted by atomic mass is 9.96. The zero-order valence-corrected chi connectivity index (χ0v) is 39.2. The van der Waals surface area contributed by atoms with Crippen LogP contribution in [0, 0.1) is 0 Å². The Bertz CT molecular complexity index is 1330. The Hall–Kier alpha value is -1.73. The average molecular weight is 952 g/mol. The van der Waals surface area contributed by atoms with E-state index in [0.717, 1.165) is 38.5 Å². The summed E-state index contributed by atoms with van der Waals surface area (Å²) in [6, 6.07) is -0.981. The minimum Gasteiger partial charge on any atom is -0.394 e. The van der Waals surface area contributed by atoms with Gasteiger partial charge in [-0.05, 0) is 32.1 Å². The second kappa shape index (κ2) is 33.0. The first-order chi connectivity index (χ1) is 31.8. The Morgan fingerprint density at radius 1 is 0.530 bits per heavy atom. The summed E-state index contributed by atoms with van der Waals surface area (Å²) in [7, 11) is 0. The zero-order chi connectivity index (χ0) is 48.4. The van der Waals surface area contributed by atoms with Crippen molar-refractivity contribution >= 4 is 5.91 Å². The van der Waals surface area contributed by atoms with Gasteiger partial charge in [-0.25, -0.2) is 0 Å². The number of aliphatic hydroxyl groups excluding tert-OH is 11. The third kappa shape index (κ3) is 19.2. The second-order valence-electron chi connectivity index (χ2n) is 17.9. The number of rotatable bonds is 33. The number of amides is 1. The molecule has 19 nitrogen and oxygen atoms in total. The molecule has 0 radical (unpaired) electrons. The molecule has 1 amide bonds. The predicted molar refractivity (Wildman–Crippen MR) is 240 cm³/mol. The lowest BCUT2D eigenvalue weighted by Gasteiger charge is -2.48. The number of ether oxygens (including phenoxy) is 6. The lowest BCUT2D eigenvalue weighted by Crippen LogP contribution is -2.66. The van der Waals surface area contributed by atoms with E-state index in [2.05, 4.69) is 31.3 Å². The largest absolute Gasteiger partial charge is 0.394 e. The molecule has 0 aromatic carbocycles. The Balaban J connectivity index is 1.60. The second-order valence-corrected chi connectivity index (χ2v) is 17.9. The molecule has 0 aromatic heterocycles. The summed E-state index contributed by atoms with van der Waals surface area (Å²) < 4.78 is 34.0. The summed E-state index contributed by atoms with van der Waals surface area (Å²) >= 11 is 0. The molecule has 3 heterocycles. The van der Waals surface area contributed by atoms with Crippen LogP contribution in [0.1, 0.15) is 136 Å². The van der Waals surface area contributed by atoms with E-state index in [9.17, 15) is 61.0 Å². The summed E-state index contributed by atoms with van der Waals surface area (Å²) in [6.07, 6.45) is 0.653. The molecule has 0 bridgehead atoms. The fourth-order valence-corrected chi connectivity index (χ4v) is 8.32. The van der Waals surface area contributed by atoms with Crippen molar-refractivity contribution in [2.24, 2.45) is 0 Å². The molecule has 12 N–H and O–H groups in total. The average Bonchev–Trinajstić information content (AvgIpc) is 3.31. The van der Waals surface area contributed by atoms with Crippen molar-refractivity contribution < 1.29 is 89.4 Å². The molecule has 3 rings (SSSR count). The van der Waals surface area contributed by atoms with Crippen LogP contribution in [-0.2, 0) is 33.2 Å². The van der Waals surface area contributed by atoms with Crippen molar-refractivity contribution in [2.45, 2.75) is 240 Å². The quantitative estimate of drug-likeness (QED) is 0.0321. The maximum absolute atomic E-state index is 13.1. The standard InChI is InChI=1S/C47H85NO18/c1-3-5-7-9-11-13-15-16-18-20-22-24-31(52)30(48-35(53)25-23-21-19-17-14-12-10-8-6-4-2)29-61-45-41(59)38(56)43(33(27-50)63-45)66-47-42(60)39(57)44(34(28-51)64-47)65-46-40(58)37(55)36(54)32(26-49)62-46/h15-16,22,24,30-34,36-47,49-52,54-60H,3-14,17-21,23,25-29H2,1-2H3,(H,48,53)/b16-15+,24-22+. The molecule has 3 saturated heterocycles. The first-order valence-electron chi connectivity index (χ1n) is 24.6. The number of carbonyl (C=O) groups is 1. The molecule has 386 valence electrons. The number of hydrogen-bond acceptors (Lipinski definition) is 18. The number of unbranched alkanes of at least 4 members (excludes halogenated alkanes) is 15. The van der Waals surface area contributed by atoms with Gasteiger partial charge in [0.25, 0.3) is 0 Å². The van der Waals surface area contributed by atoms with E-state index < -0.39 is 124 Å². The number of carbonyl (C=O) groups excluding carboxylic acids is 1. The van der Waals surface area contributed by atoms with Gasteiger partial charge in [0, 0.05) is 6.42 Å². The molecule has 0 saturated carbocycles. The van der Waals surface area contributed by atoms with Crippen molar-refractivity contribution in [2.75, 3.05) is 26.4 Å². The number of hydrogen-bond donors (Lipinski definition) is 12. The van der Waals surface area contributed by atoms with Crippen molar-refractivity contribution in [1.29, 1.82) is 0 Å². The number of aliphatic hydroxyl groups is 11. The van der Waals surface area contributed by atoms with Gasteiger partial charge >= 0.3 is 0 Å².